The second-order valence-electron chi connectivity index (χ2n) is 3.42. The van der Waals surface area contributed by atoms with Crippen LogP contribution in [0.25, 0.3) is 0 Å². The maximum absolute atomic E-state index is 11.7. The van der Waals surface area contributed by atoms with Crippen LogP contribution in [-0.4, -0.2) is 35.7 Å². The van der Waals surface area contributed by atoms with Crippen molar-refractivity contribution in [1.29, 1.82) is 0 Å². The van der Waals surface area contributed by atoms with Crippen LogP contribution in [0, 0.1) is 11.8 Å². The first-order chi connectivity index (χ1) is 8.17. The number of nitrogens with one attached hydrogen (secondary N) is 1. The van der Waals surface area contributed by atoms with E-state index in [1.165, 1.54) is 11.3 Å². The molecule has 2 N–H and O–H groups in total. The Kier molecular flexibility index (Phi) is 6.12. The molecule has 1 rings (SSSR count). The van der Waals surface area contributed by atoms with Crippen LogP contribution in [0.4, 0.5) is 0 Å². The predicted molar refractivity (Wildman–Crippen MR) is 73.6 cm³/mol. The Bertz CT molecular complexity index is 431. The number of thioether (sulfide) groups is 1. The number of hydrogen-bond donors (Lipinski definition) is 2. The minimum Gasteiger partial charge on any atom is -0.384 e. The zero-order valence-electron chi connectivity index (χ0n) is 9.82. The van der Waals surface area contributed by atoms with E-state index in [1.54, 1.807) is 23.2 Å². The van der Waals surface area contributed by atoms with Gasteiger partial charge in [0.2, 0.25) is 0 Å². The number of carbonyl (C=O) groups excluding carboxylic acids is 1. The highest BCUT2D eigenvalue weighted by Crippen LogP contribution is 2.13. The van der Waals surface area contributed by atoms with Crippen LogP contribution in [0.1, 0.15) is 22.2 Å². The van der Waals surface area contributed by atoms with Gasteiger partial charge >= 0.3 is 0 Å². The molecule has 0 saturated heterocycles. The van der Waals surface area contributed by atoms with Crippen LogP contribution in [0.15, 0.2) is 11.4 Å². The quantitative estimate of drug-likeness (QED) is 0.816. The lowest BCUT2D eigenvalue weighted by atomic mass is 10.3. The lowest BCUT2D eigenvalue weighted by Gasteiger charge is -2.08. The van der Waals surface area contributed by atoms with Crippen molar-refractivity contribution in [2.45, 2.75) is 12.2 Å². The molecule has 1 heterocycles. The molecule has 3 nitrogen and oxygen atoms in total. The van der Waals surface area contributed by atoms with Gasteiger partial charge in [0.25, 0.3) is 5.91 Å². The number of aliphatic hydroxyl groups excluding tert-OH is 1. The average molecular weight is 269 g/mol. The second-order valence-corrected chi connectivity index (χ2v) is 5.60. The fourth-order valence-electron chi connectivity index (χ4n) is 1.07. The highest BCUT2D eigenvalue weighted by molar-refractivity contribution is 7.99. The van der Waals surface area contributed by atoms with Gasteiger partial charge < -0.3 is 10.4 Å². The molecule has 0 aliphatic rings. The highest BCUT2D eigenvalue weighted by atomic mass is 32.2. The summed E-state index contributed by atoms with van der Waals surface area (Å²) >= 11 is 3.12. The van der Waals surface area contributed by atoms with Crippen LogP contribution in [0.3, 0.4) is 0 Å². The SMILES string of the molecule is CSC(C)CNC(=O)c1csc(C#CCO)c1. The molecule has 0 spiro atoms. The second kappa shape index (κ2) is 7.38. The van der Waals surface area contributed by atoms with E-state index in [1.807, 2.05) is 6.26 Å². The first-order valence-electron chi connectivity index (χ1n) is 5.16. The third kappa shape index (κ3) is 4.82. The standard InChI is InChI=1S/C12H15NO2S2/c1-9(16-2)7-13-12(15)10-6-11(17-8-10)4-3-5-14/h6,8-9,14H,5,7H2,1-2H3,(H,13,15). The Hall–Kier alpha value is -0.960. The van der Waals surface area contributed by atoms with Crippen LogP contribution in [-0.2, 0) is 0 Å². The molecule has 0 fully saturated rings. The van der Waals surface area contributed by atoms with E-state index >= 15 is 0 Å². The number of rotatable bonds is 4. The van der Waals surface area contributed by atoms with E-state index in [4.69, 9.17) is 5.11 Å². The lowest BCUT2D eigenvalue weighted by Crippen LogP contribution is -2.28. The zero-order valence-corrected chi connectivity index (χ0v) is 11.5. The third-order valence-electron chi connectivity index (χ3n) is 2.10. The molecule has 0 saturated carbocycles. The Labute approximate surface area is 110 Å². The van der Waals surface area contributed by atoms with Crippen molar-refractivity contribution in [3.05, 3.63) is 21.9 Å². The van der Waals surface area contributed by atoms with Crippen molar-refractivity contribution in [2.75, 3.05) is 19.4 Å². The van der Waals surface area contributed by atoms with Gasteiger partial charge in [-0.25, -0.2) is 0 Å². The van der Waals surface area contributed by atoms with E-state index in [-0.39, 0.29) is 12.5 Å². The molecule has 0 bridgehead atoms. The molecular formula is C12H15NO2S2. The molecule has 1 unspecified atom stereocenters. The van der Waals surface area contributed by atoms with E-state index in [2.05, 4.69) is 24.1 Å². The number of carbonyl (C=O) groups is 1. The molecule has 1 amide bonds. The number of hydrogen-bond acceptors (Lipinski definition) is 4. The summed E-state index contributed by atoms with van der Waals surface area (Å²) in [5, 5.41) is 13.6. The molecule has 1 atom stereocenters. The van der Waals surface area contributed by atoms with Gasteiger partial charge in [0, 0.05) is 17.2 Å². The van der Waals surface area contributed by atoms with Crippen molar-refractivity contribution < 1.29 is 9.90 Å². The minimum atomic E-state index is -0.162. The zero-order chi connectivity index (χ0) is 12.7. The Morgan fingerprint density at radius 1 is 1.71 bits per heavy atom. The smallest absolute Gasteiger partial charge is 0.252 e. The summed E-state index contributed by atoms with van der Waals surface area (Å²) in [6.45, 7) is 2.56. The normalized spacial score (nSPS) is 11.5. The number of aliphatic hydroxyl groups is 1. The van der Waals surface area contributed by atoms with Gasteiger partial charge in [-0.1, -0.05) is 18.8 Å². The van der Waals surface area contributed by atoms with Gasteiger partial charge in [0.05, 0.1) is 10.4 Å². The maximum Gasteiger partial charge on any atom is 0.252 e. The molecule has 92 valence electrons. The summed E-state index contributed by atoms with van der Waals surface area (Å²) in [7, 11) is 0. The summed E-state index contributed by atoms with van der Waals surface area (Å²) in [4.78, 5) is 12.5. The van der Waals surface area contributed by atoms with Gasteiger partial charge in [-0.3, -0.25) is 4.79 Å². The van der Waals surface area contributed by atoms with Gasteiger partial charge in [-0.05, 0) is 12.3 Å². The predicted octanol–water partition coefficient (Wildman–Crippen LogP) is 1.57. The van der Waals surface area contributed by atoms with Crippen molar-refractivity contribution in [1.82, 2.24) is 5.32 Å². The highest BCUT2D eigenvalue weighted by Gasteiger charge is 2.08. The van der Waals surface area contributed by atoms with Crippen LogP contribution in [0.5, 0.6) is 0 Å². The molecule has 0 aliphatic carbocycles. The topological polar surface area (TPSA) is 49.3 Å². The first-order valence-corrected chi connectivity index (χ1v) is 7.33. The summed E-state index contributed by atoms with van der Waals surface area (Å²) in [6, 6.07) is 1.74. The van der Waals surface area contributed by atoms with Crippen molar-refractivity contribution in [3.63, 3.8) is 0 Å². The number of thiophene rings is 1. The molecule has 0 radical (unpaired) electrons. The molecule has 0 aromatic carbocycles. The molecular weight excluding hydrogens is 254 g/mol. The average Bonchev–Trinajstić information content (AvgIpc) is 2.81. The molecule has 1 aromatic heterocycles. The maximum atomic E-state index is 11.7. The third-order valence-corrected chi connectivity index (χ3v) is 3.92. The Morgan fingerprint density at radius 2 is 2.47 bits per heavy atom. The van der Waals surface area contributed by atoms with Crippen molar-refractivity contribution in [3.8, 4) is 11.8 Å². The van der Waals surface area contributed by atoms with Crippen LogP contribution >= 0.6 is 23.1 Å². The first kappa shape index (κ1) is 14.1. The van der Waals surface area contributed by atoms with E-state index in [9.17, 15) is 4.79 Å². The molecule has 1 aromatic rings. The Balaban J connectivity index is 2.55. The van der Waals surface area contributed by atoms with Gasteiger partial charge in [-0.15, -0.1) is 11.3 Å². The van der Waals surface area contributed by atoms with E-state index in [0.717, 1.165) is 4.88 Å². The van der Waals surface area contributed by atoms with Crippen LogP contribution < -0.4 is 5.32 Å². The fraction of sp³-hybridized carbons (Fsp3) is 0.417. The summed E-state index contributed by atoms with van der Waals surface area (Å²) in [5.74, 6) is 5.27. The summed E-state index contributed by atoms with van der Waals surface area (Å²) in [5.41, 5.74) is 0.630. The van der Waals surface area contributed by atoms with E-state index < -0.39 is 0 Å². The molecule has 5 heteroatoms. The van der Waals surface area contributed by atoms with Crippen LogP contribution in [0.2, 0.25) is 0 Å². The van der Waals surface area contributed by atoms with Crippen molar-refractivity contribution >= 4 is 29.0 Å². The lowest BCUT2D eigenvalue weighted by molar-refractivity contribution is 0.0954. The van der Waals surface area contributed by atoms with E-state index in [0.29, 0.717) is 17.4 Å². The van der Waals surface area contributed by atoms with Crippen molar-refractivity contribution in [2.24, 2.45) is 0 Å². The monoisotopic (exact) mass is 269 g/mol. The molecule has 17 heavy (non-hydrogen) atoms. The number of amides is 1. The molecule has 0 aliphatic heterocycles. The fourth-order valence-corrected chi connectivity index (χ4v) is 2.07. The van der Waals surface area contributed by atoms with Gasteiger partial charge in [-0.2, -0.15) is 11.8 Å². The van der Waals surface area contributed by atoms with Gasteiger partial charge in [0.15, 0.2) is 0 Å². The Morgan fingerprint density at radius 3 is 3.12 bits per heavy atom. The summed E-state index contributed by atoms with van der Waals surface area (Å²) in [6.07, 6.45) is 2.02. The van der Waals surface area contributed by atoms with Gasteiger partial charge in [0.1, 0.15) is 6.61 Å². The summed E-state index contributed by atoms with van der Waals surface area (Å²) < 4.78 is 0. The largest absolute Gasteiger partial charge is 0.384 e. The minimum absolute atomic E-state index is 0.0702.